The van der Waals surface area contributed by atoms with Crippen molar-refractivity contribution in [2.24, 2.45) is 35.5 Å². The van der Waals surface area contributed by atoms with E-state index in [2.05, 4.69) is 24.0 Å². The van der Waals surface area contributed by atoms with E-state index in [0.717, 1.165) is 6.42 Å². The minimum absolute atomic E-state index is 0.0711. The summed E-state index contributed by atoms with van der Waals surface area (Å²) in [7, 11) is 1.57. The number of anilines is 1. The normalized spacial score (nSPS) is 31.0. The van der Waals surface area contributed by atoms with E-state index in [1.807, 2.05) is 0 Å². The van der Waals surface area contributed by atoms with Crippen LogP contribution in [0.4, 0.5) is 5.69 Å². The molecule has 2 amide bonds. The van der Waals surface area contributed by atoms with Crippen molar-refractivity contribution in [2.45, 2.75) is 6.42 Å². The van der Waals surface area contributed by atoms with Gasteiger partial charge in [0.05, 0.1) is 24.6 Å². The van der Waals surface area contributed by atoms with E-state index in [4.69, 9.17) is 4.74 Å². The molecule has 1 saturated heterocycles. The minimum atomic E-state index is -0.285. The zero-order valence-electron chi connectivity index (χ0n) is 17.5. The molecule has 0 spiro atoms. The molecule has 2 saturated carbocycles. The summed E-state index contributed by atoms with van der Waals surface area (Å²) in [6.45, 7) is 0. The molecule has 0 unspecified atom stereocenters. The standard InChI is InChI=1S/C27H21NO4/c1-32-18-9-5-16(6-10-18)23(29)13-4-15-2-7-17(8-3-15)28-26(30)24-19-11-12-20(22-14-21(19)22)25(24)27(28)31/h2-3,5-12,19-22,24-25H,14H2,1H3/t19-,20+,21+,22-,24-,25+. The summed E-state index contributed by atoms with van der Waals surface area (Å²) >= 11 is 0. The van der Waals surface area contributed by atoms with Crippen molar-refractivity contribution in [1.29, 1.82) is 0 Å². The summed E-state index contributed by atoms with van der Waals surface area (Å²) in [4.78, 5) is 40.1. The van der Waals surface area contributed by atoms with Crippen LogP contribution >= 0.6 is 0 Å². The number of methoxy groups -OCH3 is 1. The Labute approximate surface area is 186 Å². The van der Waals surface area contributed by atoms with Crippen LogP contribution in [-0.2, 0) is 9.59 Å². The van der Waals surface area contributed by atoms with Gasteiger partial charge in [-0.25, -0.2) is 0 Å². The molecule has 5 heteroatoms. The molecular weight excluding hydrogens is 402 g/mol. The van der Waals surface area contributed by atoms with Crippen molar-refractivity contribution in [2.75, 3.05) is 12.0 Å². The summed E-state index contributed by atoms with van der Waals surface area (Å²) in [5.41, 5.74) is 1.72. The van der Waals surface area contributed by atoms with Gasteiger partial charge < -0.3 is 4.74 Å². The third kappa shape index (κ3) is 2.76. The van der Waals surface area contributed by atoms with E-state index < -0.39 is 0 Å². The smallest absolute Gasteiger partial charge is 0.238 e. The van der Waals surface area contributed by atoms with E-state index in [0.29, 0.717) is 34.4 Å². The first-order chi connectivity index (χ1) is 15.6. The molecule has 1 heterocycles. The fraction of sp³-hybridized carbons (Fsp3) is 0.296. The maximum atomic E-state index is 13.2. The van der Waals surface area contributed by atoms with Crippen LogP contribution in [0.5, 0.6) is 5.75 Å². The largest absolute Gasteiger partial charge is 0.497 e. The third-order valence-electron chi connectivity index (χ3n) is 7.46. The molecule has 2 bridgehead atoms. The van der Waals surface area contributed by atoms with Crippen molar-refractivity contribution >= 4 is 23.3 Å². The van der Waals surface area contributed by atoms with Crippen molar-refractivity contribution < 1.29 is 19.1 Å². The average Bonchev–Trinajstić information content (AvgIpc) is 3.61. The highest BCUT2D eigenvalue weighted by atomic mass is 16.5. The van der Waals surface area contributed by atoms with Gasteiger partial charge in [0.25, 0.3) is 0 Å². The number of imide groups is 1. The van der Waals surface area contributed by atoms with Gasteiger partial charge in [-0.15, -0.1) is 0 Å². The maximum Gasteiger partial charge on any atom is 0.238 e. The summed E-state index contributed by atoms with van der Waals surface area (Å²) in [5, 5.41) is 0. The Morgan fingerprint density at radius 2 is 1.50 bits per heavy atom. The summed E-state index contributed by atoms with van der Waals surface area (Å²) in [5.74, 6) is 6.95. The Morgan fingerprint density at radius 1 is 0.906 bits per heavy atom. The first kappa shape index (κ1) is 19.1. The Hall–Kier alpha value is -3.65. The molecule has 1 aliphatic heterocycles. The topological polar surface area (TPSA) is 63.7 Å². The third-order valence-corrected chi connectivity index (χ3v) is 7.46. The van der Waals surface area contributed by atoms with Gasteiger partial charge in [-0.2, -0.15) is 0 Å². The Bertz CT molecular complexity index is 1200. The number of amides is 2. The van der Waals surface area contributed by atoms with Gasteiger partial charge in [-0.05, 0) is 84.5 Å². The number of hydrogen-bond acceptors (Lipinski definition) is 4. The minimum Gasteiger partial charge on any atom is -0.497 e. The quantitative estimate of drug-likeness (QED) is 0.328. The van der Waals surface area contributed by atoms with Crippen molar-refractivity contribution in [3.05, 3.63) is 71.8 Å². The van der Waals surface area contributed by atoms with E-state index >= 15 is 0 Å². The molecule has 6 atom stereocenters. The second-order valence-electron chi connectivity index (χ2n) is 9.02. The Morgan fingerprint density at radius 3 is 2.06 bits per heavy atom. The van der Waals surface area contributed by atoms with E-state index in [1.165, 1.54) is 4.90 Å². The Balaban J connectivity index is 1.20. The molecule has 3 fully saturated rings. The molecule has 4 aliphatic carbocycles. The lowest BCUT2D eigenvalue weighted by atomic mass is 9.63. The first-order valence-corrected chi connectivity index (χ1v) is 10.9. The summed E-state index contributed by atoms with van der Waals surface area (Å²) in [6, 6.07) is 13.8. The average molecular weight is 423 g/mol. The molecule has 0 radical (unpaired) electrons. The molecule has 2 aromatic carbocycles. The predicted octanol–water partition coefficient (Wildman–Crippen LogP) is 3.49. The molecular formula is C27H21NO4. The van der Waals surface area contributed by atoms with Gasteiger partial charge >= 0.3 is 0 Å². The number of ketones is 1. The molecule has 158 valence electrons. The molecule has 7 rings (SSSR count). The first-order valence-electron chi connectivity index (χ1n) is 10.9. The van der Waals surface area contributed by atoms with Crippen LogP contribution < -0.4 is 9.64 Å². The number of carbonyl (C=O) groups is 3. The van der Waals surface area contributed by atoms with Crippen LogP contribution in [0.15, 0.2) is 60.7 Å². The van der Waals surface area contributed by atoms with Crippen molar-refractivity contribution in [3.8, 4) is 17.6 Å². The lowest BCUT2D eigenvalue weighted by Crippen LogP contribution is -2.40. The second-order valence-corrected chi connectivity index (χ2v) is 9.02. The summed E-state index contributed by atoms with van der Waals surface area (Å²) in [6.07, 6.45) is 5.50. The number of carbonyl (C=O) groups excluding carboxylic acids is 3. The zero-order valence-corrected chi connectivity index (χ0v) is 17.5. The number of Topliss-reactive ketones (excluding diaryl/α,β-unsaturated/α-hetero) is 1. The van der Waals surface area contributed by atoms with Gasteiger partial charge in [0, 0.05) is 11.1 Å². The van der Waals surface area contributed by atoms with E-state index in [-0.39, 0.29) is 41.3 Å². The SMILES string of the molecule is COc1ccc(C(=O)C#Cc2ccc(N3C(=O)[C@@H]4[C@@H]5C=C[C@@H]([C@H]6C[C@@H]56)[C@@H]4C3=O)cc2)cc1. The fourth-order valence-corrected chi connectivity index (χ4v) is 5.85. The zero-order chi connectivity index (χ0) is 22.0. The van der Waals surface area contributed by atoms with Gasteiger partial charge in [0.2, 0.25) is 17.6 Å². The van der Waals surface area contributed by atoms with Crippen LogP contribution in [0.1, 0.15) is 22.3 Å². The Kier molecular flexibility index (Phi) is 4.13. The highest BCUT2D eigenvalue weighted by Gasteiger charge is 2.67. The molecule has 0 aromatic heterocycles. The number of nitrogens with zero attached hydrogens (tertiary/aromatic N) is 1. The molecule has 2 aromatic rings. The monoisotopic (exact) mass is 423 g/mol. The lowest BCUT2D eigenvalue weighted by Gasteiger charge is -2.37. The molecule has 0 N–H and O–H groups in total. The molecule has 32 heavy (non-hydrogen) atoms. The summed E-state index contributed by atoms with van der Waals surface area (Å²) < 4.78 is 5.10. The van der Waals surface area contributed by atoms with E-state index in [9.17, 15) is 14.4 Å². The highest BCUT2D eigenvalue weighted by Crippen LogP contribution is 2.65. The molecule has 5 aliphatic rings. The van der Waals surface area contributed by atoms with Gasteiger partial charge in [0.1, 0.15) is 5.75 Å². The van der Waals surface area contributed by atoms with Crippen LogP contribution in [0.25, 0.3) is 0 Å². The van der Waals surface area contributed by atoms with Crippen LogP contribution in [0, 0.1) is 47.3 Å². The predicted molar refractivity (Wildman–Crippen MR) is 118 cm³/mol. The fourth-order valence-electron chi connectivity index (χ4n) is 5.85. The van der Waals surface area contributed by atoms with E-state index in [1.54, 1.807) is 55.6 Å². The maximum absolute atomic E-state index is 13.2. The second kappa shape index (κ2) is 6.93. The van der Waals surface area contributed by atoms with Gasteiger partial charge in [-0.3, -0.25) is 19.3 Å². The van der Waals surface area contributed by atoms with Crippen molar-refractivity contribution in [1.82, 2.24) is 0 Å². The van der Waals surface area contributed by atoms with Crippen LogP contribution in [-0.4, -0.2) is 24.7 Å². The number of ether oxygens (including phenoxy) is 1. The number of hydrogen-bond donors (Lipinski definition) is 0. The van der Waals surface area contributed by atoms with Crippen LogP contribution in [0.2, 0.25) is 0 Å². The molecule has 5 nitrogen and oxygen atoms in total. The number of rotatable bonds is 3. The number of allylic oxidation sites excluding steroid dienone is 2. The van der Waals surface area contributed by atoms with Gasteiger partial charge in [0.15, 0.2) is 0 Å². The van der Waals surface area contributed by atoms with Crippen LogP contribution in [0.3, 0.4) is 0 Å². The van der Waals surface area contributed by atoms with Gasteiger partial charge in [-0.1, -0.05) is 18.1 Å². The lowest BCUT2D eigenvalue weighted by molar-refractivity contribution is -0.124. The van der Waals surface area contributed by atoms with Crippen molar-refractivity contribution in [3.63, 3.8) is 0 Å². The highest BCUT2D eigenvalue weighted by molar-refractivity contribution is 6.22. The number of benzene rings is 2.